The van der Waals surface area contributed by atoms with Crippen LogP contribution < -0.4 is 11.1 Å². The average Bonchev–Trinajstić information content (AvgIpc) is 2.94. The van der Waals surface area contributed by atoms with Crippen LogP contribution in [0.4, 0.5) is 5.69 Å². The zero-order valence-corrected chi connectivity index (χ0v) is 10.8. The molecule has 0 spiro atoms. The molecular formula is C12H20N4O2. The summed E-state index contributed by atoms with van der Waals surface area (Å²) in [7, 11) is 0. The third kappa shape index (κ3) is 2.64. The first-order chi connectivity index (χ1) is 8.59. The van der Waals surface area contributed by atoms with Gasteiger partial charge in [0, 0.05) is 19.1 Å². The predicted octanol–water partition coefficient (Wildman–Crippen LogP) is 0.882. The highest BCUT2D eigenvalue weighted by molar-refractivity contribution is 5.97. The Balaban J connectivity index is 1.96. The molecule has 1 aromatic heterocycles. The minimum atomic E-state index is -0.220. The number of aromatic amines is 1. The first-order valence-electron chi connectivity index (χ1n) is 6.29. The zero-order valence-electron chi connectivity index (χ0n) is 10.8. The van der Waals surface area contributed by atoms with Crippen LogP contribution in [0.5, 0.6) is 0 Å². The van der Waals surface area contributed by atoms with E-state index >= 15 is 0 Å². The second-order valence-electron chi connectivity index (χ2n) is 4.99. The van der Waals surface area contributed by atoms with E-state index in [1.807, 2.05) is 13.8 Å². The quantitative estimate of drug-likeness (QED) is 0.741. The van der Waals surface area contributed by atoms with Crippen LogP contribution in [0.3, 0.4) is 0 Å². The highest BCUT2D eigenvalue weighted by Crippen LogP contribution is 2.22. The largest absolute Gasteiger partial charge is 0.395 e. The highest BCUT2D eigenvalue weighted by atomic mass is 16.5. The lowest BCUT2D eigenvalue weighted by Gasteiger charge is -2.08. The number of hydrogen-bond acceptors (Lipinski definition) is 4. The Kier molecular flexibility index (Phi) is 3.86. The number of ether oxygens (including phenoxy) is 1. The van der Waals surface area contributed by atoms with Gasteiger partial charge in [-0.25, -0.2) is 0 Å². The monoisotopic (exact) mass is 252 g/mol. The average molecular weight is 252 g/mol. The Labute approximate surface area is 106 Å². The molecular weight excluding hydrogens is 232 g/mol. The lowest BCUT2D eigenvalue weighted by atomic mass is 10.1. The summed E-state index contributed by atoms with van der Waals surface area (Å²) in [4.78, 5) is 11.9. The Morgan fingerprint density at radius 1 is 1.67 bits per heavy atom. The molecule has 0 aliphatic carbocycles. The fourth-order valence-electron chi connectivity index (χ4n) is 2.04. The minimum Gasteiger partial charge on any atom is -0.395 e. The smallest absolute Gasteiger partial charge is 0.273 e. The van der Waals surface area contributed by atoms with Crippen molar-refractivity contribution in [3.8, 4) is 0 Å². The molecule has 2 rings (SSSR count). The topological polar surface area (TPSA) is 93.0 Å². The molecule has 0 saturated carbocycles. The number of carbonyl (C=O) groups is 1. The van der Waals surface area contributed by atoms with Crippen LogP contribution in [0.25, 0.3) is 0 Å². The van der Waals surface area contributed by atoms with Gasteiger partial charge in [0.05, 0.1) is 18.0 Å². The number of hydrogen-bond donors (Lipinski definition) is 3. The van der Waals surface area contributed by atoms with E-state index in [1.54, 1.807) is 0 Å². The SMILES string of the molecule is CC(C)c1[nH]nc(C(=O)NCC2CCOC2)c1N. The number of rotatable bonds is 4. The van der Waals surface area contributed by atoms with Gasteiger partial charge >= 0.3 is 0 Å². The van der Waals surface area contributed by atoms with E-state index in [1.165, 1.54) is 0 Å². The summed E-state index contributed by atoms with van der Waals surface area (Å²) in [6.45, 7) is 6.11. The number of H-pyrrole nitrogens is 1. The normalized spacial score (nSPS) is 19.4. The number of anilines is 1. The van der Waals surface area contributed by atoms with E-state index in [0.29, 0.717) is 24.8 Å². The van der Waals surface area contributed by atoms with Crippen LogP contribution in [0.2, 0.25) is 0 Å². The second kappa shape index (κ2) is 5.39. The molecule has 1 aliphatic rings. The van der Waals surface area contributed by atoms with E-state index in [-0.39, 0.29) is 17.5 Å². The third-order valence-electron chi connectivity index (χ3n) is 3.20. The van der Waals surface area contributed by atoms with Gasteiger partial charge in [0.2, 0.25) is 0 Å². The van der Waals surface area contributed by atoms with Crippen molar-refractivity contribution in [2.45, 2.75) is 26.2 Å². The summed E-state index contributed by atoms with van der Waals surface area (Å²) in [6, 6.07) is 0. The summed E-state index contributed by atoms with van der Waals surface area (Å²) < 4.78 is 5.26. The van der Waals surface area contributed by atoms with Crippen molar-refractivity contribution in [3.63, 3.8) is 0 Å². The number of carbonyl (C=O) groups excluding carboxylic acids is 1. The lowest BCUT2D eigenvalue weighted by Crippen LogP contribution is -2.30. The van der Waals surface area contributed by atoms with Gasteiger partial charge in [0.1, 0.15) is 0 Å². The Bertz CT molecular complexity index is 422. The van der Waals surface area contributed by atoms with E-state index in [2.05, 4.69) is 15.5 Å². The van der Waals surface area contributed by atoms with E-state index in [0.717, 1.165) is 18.7 Å². The van der Waals surface area contributed by atoms with E-state index < -0.39 is 0 Å². The van der Waals surface area contributed by atoms with Crippen molar-refractivity contribution in [2.24, 2.45) is 5.92 Å². The number of amides is 1. The molecule has 6 nitrogen and oxygen atoms in total. The first kappa shape index (κ1) is 12.9. The molecule has 0 radical (unpaired) electrons. The molecule has 0 aromatic carbocycles. The molecule has 6 heteroatoms. The van der Waals surface area contributed by atoms with Gasteiger partial charge in [0.25, 0.3) is 5.91 Å². The molecule has 1 amide bonds. The molecule has 18 heavy (non-hydrogen) atoms. The summed E-state index contributed by atoms with van der Waals surface area (Å²) in [5, 5.41) is 9.66. The second-order valence-corrected chi connectivity index (χ2v) is 4.99. The van der Waals surface area contributed by atoms with Gasteiger partial charge in [-0.2, -0.15) is 5.10 Å². The van der Waals surface area contributed by atoms with Crippen molar-refractivity contribution in [1.29, 1.82) is 0 Å². The molecule has 0 bridgehead atoms. The Morgan fingerprint density at radius 3 is 3.00 bits per heavy atom. The van der Waals surface area contributed by atoms with Crippen LogP contribution in [0, 0.1) is 5.92 Å². The van der Waals surface area contributed by atoms with Crippen LogP contribution >= 0.6 is 0 Å². The summed E-state index contributed by atoms with van der Waals surface area (Å²) in [6.07, 6.45) is 0.994. The predicted molar refractivity (Wildman–Crippen MR) is 68.3 cm³/mol. The molecule has 100 valence electrons. The van der Waals surface area contributed by atoms with Gasteiger partial charge in [-0.1, -0.05) is 13.8 Å². The molecule has 1 fully saturated rings. The van der Waals surface area contributed by atoms with Gasteiger partial charge < -0.3 is 15.8 Å². The van der Waals surface area contributed by atoms with Crippen molar-refractivity contribution in [2.75, 3.05) is 25.5 Å². The summed E-state index contributed by atoms with van der Waals surface area (Å²) in [5.74, 6) is 0.406. The van der Waals surface area contributed by atoms with Crippen LogP contribution in [0.15, 0.2) is 0 Å². The number of nitrogens with one attached hydrogen (secondary N) is 2. The van der Waals surface area contributed by atoms with E-state index in [9.17, 15) is 4.79 Å². The standard InChI is InChI=1S/C12H20N4O2/c1-7(2)10-9(13)11(16-15-10)12(17)14-5-8-3-4-18-6-8/h7-8H,3-6,13H2,1-2H3,(H,14,17)(H,15,16). The number of nitrogens with zero attached hydrogens (tertiary/aromatic N) is 1. The van der Waals surface area contributed by atoms with Crippen molar-refractivity contribution in [3.05, 3.63) is 11.4 Å². The maximum atomic E-state index is 11.9. The minimum absolute atomic E-state index is 0.220. The lowest BCUT2D eigenvalue weighted by molar-refractivity contribution is 0.0941. The summed E-state index contributed by atoms with van der Waals surface area (Å²) >= 11 is 0. The van der Waals surface area contributed by atoms with Crippen LogP contribution in [-0.2, 0) is 4.74 Å². The maximum Gasteiger partial charge on any atom is 0.273 e. The molecule has 1 aliphatic heterocycles. The molecule has 4 N–H and O–H groups in total. The number of nitrogen functional groups attached to an aromatic ring is 1. The number of aromatic nitrogens is 2. The third-order valence-corrected chi connectivity index (χ3v) is 3.20. The van der Waals surface area contributed by atoms with Crippen LogP contribution in [-0.4, -0.2) is 35.9 Å². The fraction of sp³-hybridized carbons (Fsp3) is 0.667. The summed E-state index contributed by atoms with van der Waals surface area (Å²) in [5.41, 5.74) is 7.46. The molecule has 1 aromatic rings. The molecule has 1 unspecified atom stereocenters. The van der Waals surface area contributed by atoms with Crippen molar-refractivity contribution in [1.82, 2.24) is 15.5 Å². The van der Waals surface area contributed by atoms with Crippen LogP contribution in [0.1, 0.15) is 42.4 Å². The van der Waals surface area contributed by atoms with Gasteiger partial charge in [-0.3, -0.25) is 9.89 Å². The maximum absolute atomic E-state index is 11.9. The van der Waals surface area contributed by atoms with Gasteiger partial charge in [-0.05, 0) is 12.3 Å². The highest BCUT2D eigenvalue weighted by Gasteiger charge is 2.21. The Morgan fingerprint density at radius 2 is 2.44 bits per heavy atom. The molecule has 1 saturated heterocycles. The first-order valence-corrected chi connectivity index (χ1v) is 6.29. The molecule has 2 heterocycles. The van der Waals surface area contributed by atoms with Crippen molar-refractivity contribution >= 4 is 11.6 Å². The number of nitrogens with two attached hydrogens (primary N) is 1. The van der Waals surface area contributed by atoms with Gasteiger partial charge in [-0.15, -0.1) is 0 Å². The van der Waals surface area contributed by atoms with E-state index in [4.69, 9.17) is 10.5 Å². The molecule has 1 atom stereocenters. The van der Waals surface area contributed by atoms with Gasteiger partial charge in [0.15, 0.2) is 5.69 Å². The van der Waals surface area contributed by atoms with Crippen molar-refractivity contribution < 1.29 is 9.53 Å². The fourth-order valence-corrected chi connectivity index (χ4v) is 2.04. The Hall–Kier alpha value is -1.56. The zero-order chi connectivity index (χ0) is 13.1.